The highest BCUT2D eigenvalue weighted by Gasteiger charge is 2.23. The van der Waals surface area contributed by atoms with Gasteiger partial charge in [-0.25, -0.2) is 4.98 Å². The molecular formula is C22H28N4O3. The minimum atomic E-state index is -0.137. The second-order valence-corrected chi connectivity index (χ2v) is 7.67. The molecule has 0 aliphatic carbocycles. The number of anilines is 3. The second kappa shape index (κ2) is 8.80. The first kappa shape index (κ1) is 19.7. The van der Waals surface area contributed by atoms with E-state index in [9.17, 15) is 4.79 Å². The number of rotatable bonds is 4. The van der Waals surface area contributed by atoms with Crippen LogP contribution in [0.3, 0.4) is 0 Å². The summed E-state index contributed by atoms with van der Waals surface area (Å²) in [6, 6.07) is 11.5. The molecule has 1 amide bonds. The molecule has 2 aliphatic rings. The molecule has 4 rings (SSSR count). The van der Waals surface area contributed by atoms with Crippen LogP contribution in [0.25, 0.3) is 0 Å². The fraction of sp³-hybridized carbons (Fsp3) is 0.455. The number of amides is 1. The third-order valence-corrected chi connectivity index (χ3v) is 5.26. The van der Waals surface area contributed by atoms with Gasteiger partial charge in [0, 0.05) is 37.4 Å². The number of ether oxygens (including phenoxy) is 2. The summed E-state index contributed by atoms with van der Waals surface area (Å²) in [6.45, 7) is 9.02. The Morgan fingerprint density at radius 1 is 1.00 bits per heavy atom. The molecule has 0 bridgehead atoms. The highest BCUT2D eigenvalue weighted by atomic mass is 16.5. The van der Waals surface area contributed by atoms with Gasteiger partial charge in [-0.15, -0.1) is 0 Å². The molecule has 1 aromatic heterocycles. The lowest BCUT2D eigenvalue weighted by Crippen LogP contribution is -2.45. The Hall–Kier alpha value is -2.64. The van der Waals surface area contributed by atoms with Crippen molar-refractivity contribution in [3.8, 4) is 0 Å². The van der Waals surface area contributed by atoms with Crippen LogP contribution >= 0.6 is 0 Å². The summed E-state index contributed by atoms with van der Waals surface area (Å²) in [5.74, 6) is 0.765. The number of nitrogens with one attached hydrogen (secondary N) is 1. The molecule has 2 fully saturated rings. The number of carbonyl (C=O) groups is 1. The topological polar surface area (TPSA) is 66.9 Å². The fourth-order valence-electron chi connectivity index (χ4n) is 3.86. The van der Waals surface area contributed by atoms with Gasteiger partial charge in [-0.3, -0.25) is 4.79 Å². The summed E-state index contributed by atoms with van der Waals surface area (Å²) < 4.78 is 11.2. The molecule has 154 valence electrons. The van der Waals surface area contributed by atoms with Crippen LogP contribution in [0.1, 0.15) is 24.2 Å². The Bertz CT molecular complexity index is 809. The number of nitrogens with zero attached hydrogens (tertiary/aromatic N) is 3. The Kier molecular flexibility index (Phi) is 5.97. The van der Waals surface area contributed by atoms with E-state index in [4.69, 9.17) is 9.47 Å². The summed E-state index contributed by atoms with van der Waals surface area (Å²) in [4.78, 5) is 21.6. The normalized spacial score (nSPS) is 22.4. The van der Waals surface area contributed by atoms with Gasteiger partial charge in [-0.1, -0.05) is 0 Å². The first-order valence-corrected chi connectivity index (χ1v) is 10.2. The molecule has 2 aromatic rings. The highest BCUT2D eigenvalue weighted by molar-refractivity contribution is 6.04. The van der Waals surface area contributed by atoms with E-state index in [1.165, 1.54) is 0 Å². The van der Waals surface area contributed by atoms with Crippen LogP contribution in [0.4, 0.5) is 17.2 Å². The molecule has 7 heteroatoms. The summed E-state index contributed by atoms with van der Waals surface area (Å²) in [7, 11) is 0. The van der Waals surface area contributed by atoms with Crippen molar-refractivity contribution in [1.29, 1.82) is 0 Å². The number of hydrogen-bond acceptors (Lipinski definition) is 6. The lowest BCUT2D eigenvalue weighted by atomic mass is 10.1. The SMILES string of the molecule is CC1CN(c2ccc(NC(=O)c3ccc(N4CCOCC4)cc3)cn2)CC(C)O1. The predicted octanol–water partition coefficient (Wildman–Crippen LogP) is 2.78. The minimum Gasteiger partial charge on any atom is -0.378 e. The molecule has 2 aliphatic heterocycles. The molecule has 0 radical (unpaired) electrons. The fourth-order valence-corrected chi connectivity index (χ4v) is 3.86. The molecule has 2 unspecified atom stereocenters. The van der Waals surface area contributed by atoms with E-state index in [0.717, 1.165) is 50.9 Å². The highest BCUT2D eigenvalue weighted by Crippen LogP contribution is 2.21. The average Bonchev–Trinajstić information content (AvgIpc) is 2.74. The number of hydrogen-bond donors (Lipinski definition) is 1. The number of morpholine rings is 2. The second-order valence-electron chi connectivity index (χ2n) is 7.67. The summed E-state index contributed by atoms with van der Waals surface area (Å²) in [6.07, 6.45) is 2.07. The van der Waals surface area contributed by atoms with Gasteiger partial charge >= 0.3 is 0 Å². The molecule has 1 aromatic carbocycles. The van der Waals surface area contributed by atoms with Gasteiger partial charge in [-0.2, -0.15) is 0 Å². The third kappa shape index (κ3) is 4.86. The van der Waals surface area contributed by atoms with Crippen molar-refractivity contribution < 1.29 is 14.3 Å². The maximum absolute atomic E-state index is 12.6. The van der Waals surface area contributed by atoms with E-state index in [1.54, 1.807) is 6.20 Å². The van der Waals surface area contributed by atoms with Crippen molar-refractivity contribution in [2.24, 2.45) is 0 Å². The van der Waals surface area contributed by atoms with Gasteiger partial charge in [-0.05, 0) is 50.2 Å². The quantitative estimate of drug-likeness (QED) is 0.857. The first-order chi connectivity index (χ1) is 14.1. The van der Waals surface area contributed by atoms with Crippen molar-refractivity contribution in [3.63, 3.8) is 0 Å². The summed E-state index contributed by atoms with van der Waals surface area (Å²) >= 11 is 0. The van der Waals surface area contributed by atoms with Crippen LogP contribution in [0.5, 0.6) is 0 Å². The van der Waals surface area contributed by atoms with Crippen LogP contribution in [-0.2, 0) is 9.47 Å². The van der Waals surface area contributed by atoms with Gasteiger partial charge in [0.15, 0.2) is 0 Å². The molecule has 7 nitrogen and oxygen atoms in total. The number of aromatic nitrogens is 1. The largest absolute Gasteiger partial charge is 0.378 e. The Morgan fingerprint density at radius 2 is 1.69 bits per heavy atom. The lowest BCUT2D eigenvalue weighted by molar-refractivity contribution is -0.00545. The predicted molar refractivity (Wildman–Crippen MR) is 114 cm³/mol. The molecule has 2 atom stereocenters. The van der Waals surface area contributed by atoms with E-state index in [1.807, 2.05) is 36.4 Å². The Morgan fingerprint density at radius 3 is 2.31 bits per heavy atom. The van der Waals surface area contributed by atoms with E-state index < -0.39 is 0 Å². The average molecular weight is 396 g/mol. The van der Waals surface area contributed by atoms with Gasteiger partial charge in [0.25, 0.3) is 5.91 Å². The molecule has 1 N–H and O–H groups in total. The molecule has 2 saturated heterocycles. The van der Waals surface area contributed by atoms with Gasteiger partial charge in [0.1, 0.15) is 5.82 Å². The summed E-state index contributed by atoms with van der Waals surface area (Å²) in [5.41, 5.74) is 2.43. The van der Waals surface area contributed by atoms with Crippen molar-refractivity contribution in [3.05, 3.63) is 48.2 Å². The lowest BCUT2D eigenvalue weighted by Gasteiger charge is -2.36. The molecular weight excluding hydrogens is 368 g/mol. The standard InChI is InChI=1S/C22H28N4O3/c1-16-14-26(15-17(2)29-16)21-8-5-19(13-23-21)24-22(27)18-3-6-20(7-4-18)25-9-11-28-12-10-25/h3-8,13,16-17H,9-12,14-15H2,1-2H3,(H,24,27). The zero-order valence-corrected chi connectivity index (χ0v) is 17.0. The van der Waals surface area contributed by atoms with Crippen LogP contribution < -0.4 is 15.1 Å². The number of benzene rings is 1. The molecule has 0 spiro atoms. The van der Waals surface area contributed by atoms with Gasteiger partial charge < -0.3 is 24.6 Å². The van der Waals surface area contributed by atoms with Crippen LogP contribution in [-0.4, -0.2) is 62.5 Å². The maximum Gasteiger partial charge on any atom is 0.255 e. The first-order valence-electron chi connectivity index (χ1n) is 10.2. The maximum atomic E-state index is 12.6. The van der Waals surface area contributed by atoms with Gasteiger partial charge in [0.2, 0.25) is 0 Å². The minimum absolute atomic E-state index is 0.137. The molecule has 29 heavy (non-hydrogen) atoms. The van der Waals surface area contributed by atoms with Crippen molar-refractivity contribution in [2.75, 3.05) is 54.5 Å². The number of carbonyl (C=O) groups excluding carboxylic acids is 1. The van der Waals surface area contributed by atoms with E-state index in [2.05, 4.69) is 33.9 Å². The molecule has 3 heterocycles. The van der Waals surface area contributed by atoms with E-state index in [-0.39, 0.29) is 18.1 Å². The third-order valence-electron chi connectivity index (χ3n) is 5.26. The van der Waals surface area contributed by atoms with E-state index in [0.29, 0.717) is 11.3 Å². The van der Waals surface area contributed by atoms with E-state index >= 15 is 0 Å². The van der Waals surface area contributed by atoms with Crippen molar-refractivity contribution >= 4 is 23.1 Å². The smallest absolute Gasteiger partial charge is 0.255 e. The van der Waals surface area contributed by atoms with Crippen molar-refractivity contribution in [1.82, 2.24) is 4.98 Å². The monoisotopic (exact) mass is 396 g/mol. The van der Waals surface area contributed by atoms with Crippen LogP contribution in [0, 0.1) is 0 Å². The number of pyridine rings is 1. The Balaban J connectivity index is 1.37. The molecule has 0 saturated carbocycles. The zero-order valence-electron chi connectivity index (χ0n) is 17.0. The summed E-state index contributed by atoms with van der Waals surface area (Å²) in [5, 5.41) is 2.93. The van der Waals surface area contributed by atoms with Crippen LogP contribution in [0.15, 0.2) is 42.6 Å². The zero-order chi connectivity index (χ0) is 20.2. The van der Waals surface area contributed by atoms with Crippen molar-refractivity contribution in [2.45, 2.75) is 26.1 Å². The Labute approximate surface area is 171 Å². The van der Waals surface area contributed by atoms with Gasteiger partial charge in [0.05, 0.1) is 37.3 Å². The van der Waals surface area contributed by atoms with Crippen LogP contribution in [0.2, 0.25) is 0 Å².